The van der Waals surface area contributed by atoms with Gasteiger partial charge in [-0.05, 0) is 41.6 Å². The van der Waals surface area contributed by atoms with E-state index in [1.807, 2.05) is 30.3 Å². The van der Waals surface area contributed by atoms with Gasteiger partial charge in [0, 0.05) is 25.0 Å². The van der Waals surface area contributed by atoms with Crippen molar-refractivity contribution in [2.75, 3.05) is 20.3 Å². The molecule has 1 N–H and O–H groups in total. The van der Waals surface area contributed by atoms with E-state index in [4.69, 9.17) is 4.74 Å². The summed E-state index contributed by atoms with van der Waals surface area (Å²) in [6.07, 6.45) is -2.21. The number of hydrogen-bond donors (Lipinski definition) is 1. The lowest BCUT2D eigenvalue weighted by Gasteiger charge is -2.39. The fourth-order valence-electron chi connectivity index (χ4n) is 6.35. The number of nitrogens with zero attached hydrogens (tertiary/aromatic N) is 2. The Labute approximate surface area is 193 Å². The molecule has 2 fully saturated rings. The highest BCUT2D eigenvalue weighted by Gasteiger charge is 2.61. The summed E-state index contributed by atoms with van der Waals surface area (Å²) in [7, 11) is 1.39. The molecule has 0 spiro atoms. The fourth-order valence-corrected chi connectivity index (χ4v) is 6.35. The largest absolute Gasteiger partial charge is 0.389 e. The van der Waals surface area contributed by atoms with Gasteiger partial charge in [-0.1, -0.05) is 51.1 Å². The Balaban J connectivity index is 1.57. The van der Waals surface area contributed by atoms with Crippen molar-refractivity contribution in [2.24, 2.45) is 27.8 Å². The molecular formula is C25H34F3N3O2. The number of ether oxygens (including phenoxy) is 1. The fraction of sp³-hybridized carbons (Fsp3) is 0.680. The summed E-state index contributed by atoms with van der Waals surface area (Å²) in [6, 6.07) is 9.02. The lowest BCUT2D eigenvalue weighted by molar-refractivity contribution is -0.142. The SMILES string of the molecule is COCC(CC(F)(F)F)C1=NN(C(=O)N[C@H]2C[C@@H]3CC[C@]2(C)C3(C)C)CC1c1ccccc1. The third-order valence-corrected chi connectivity index (χ3v) is 8.74. The van der Waals surface area contributed by atoms with Gasteiger partial charge in [0.25, 0.3) is 0 Å². The van der Waals surface area contributed by atoms with Crippen LogP contribution in [-0.2, 0) is 4.74 Å². The van der Waals surface area contributed by atoms with E-state index in [9.17, 15) is 18.0 Å². The number of fused-ring (bicyclic) bond motifs is 2. The number of carbonyl (C=O) groups excluding carboxylic acids is 1. The molecule has 2 saturated carbocycles. The lowest BCUT2D eigenvalue weighted by atomic mass is 9.69. The predicted octanol–water partition coefficient (Wildman–Crippen LogP) is 5.58. The van der Waals surface area contributed by atoms with E-state index in [2.05, 4.69) is 31.2 Å². The van der Waals surface area contributed by atoms with Crippen LogP contribution in [0.1, 0.15) is 57.9 Å². The molecule has 0 aromatic heterocycles. The first kappa shape index (κ1) is 24.0. The minimum absolute atomic E-state index is 0.00724. The number of carbonyl (C=O) groups is 1. The molecule has 0 radical (unpaired) electrons. The Kier molecular flexibility index (Phi) is 6.27. The van der Waals surface area contributed by atoms with E-state index in [0.29, 0.717) is 11.6 Å². The van der Waals surface area contributed by atoms with E-state index in [1.54, 1.807) is 0 Å². The normalized spacial score (nSPS) is 31.5. The maximum absolute atomic E-state index is 13.3. The van der Waals surface area contributed by atoms with Crippen molar-refractivity contribution in [3.8, 4) is 0 Å². The number of amides is 2. The number of methoxy groups -OCH3 is 1. The number of benzene rings is 1. The monoisotopic (exact) mass is 465 g/mol. The standard InChI is InChI=1S/C25H34F3N3O2/c1-23(2)18-10-11-24(23,3)20(12-18)29-22(32)31-14-19(16-8-6-5-7-9-16)21(30-31)17(15-33-4)13-25(26,27)28/h5-9,17-20H,10-15H2,1-4H3,(H,29,32)/t17?,18-,19?,20-,24-/m0/s1. The Morgan fingerprint density at radius 3 is 2.52 bits per heavy atom. The molecule has 1 aromatic carbocycles. The number of urea groups is 1. The Hall–Kier alpha value is -2.09. The summed E-state index contributed by atoms with van der Waals surface area (Å²) in [4.78, 5) is 13.3. The molecule has 33 heavy (non-hydrogen) atoms. The van der Waals surface area contributed by atoms with Crippen LogP contribution >= 0.6 is 0 Å². The highest BCUT2D eigenvalue weighted by Crippen LogP contribution is 2.65. The van der Waals surface area contributed by atoms with Crippen LogP contribution in [0.4, 0.5) is 18.0 Å². The van der Waals surface area contributed by atoms with E-state index in [0.717, 1.165) is 18.4 Å². The average molecular weight is 466 g/mol. The molecule has 2 amide bonds. The van der Waals surface area contributed by atoms with E-state index < -0.39 is 24.4 Å². The second-order valence-corrected chi connectivity index (χ2v) is 10.7. The molecule has 5 nitrogen and oxygen atoms in total. The van der Waals surface area contributed by atoms with Crippen molar-refractivity contribution in [1.29, 1.82) is 0 Å². The summed E-state index contributed by atoms with van der Waals surface area (Å²) in [5.41, 5.74) is 1.36. The molecule has 8 heteroatoms. The van der Waals surface area contributed by atoms with Crippen LogP contribution in [0.5, 0.6) is 0 Å². The van der Waals surface area contributed by atoms with Crippen LogP contribution in [-0.4, -0.2) is 49.2 Å². The van der Waals surface area contributed by atoms with Gasteiger partial charge in [0.2, 0.25) is 0 Å². The molecule has 182 valence electrons. The zero-order valence-electron chi connectivity index (χ0n) is 19.8. The van der Waals surface area contributed by atoms with Crippen molar-refractivity contribution < 1.29 is 22.7 Å². The summed E-state index contributed by atoms with van der Waals surface area (Å²) < 4.78 is 45.1. The third-order valence-electron chi connectivity index (χ3n) is 8.74. The molecule has 1 heterocycles. The van der Waals surface area contributed by atoms with Gasteiger partial charge in [-0.2, -0.15) is 18.3 Å². The van der Waals surface area contributed by atoms with Crippen molar-refractivity contribution in [3.05, 3.63) is 35.9 Å². The van der Waals surface area contributed by atoms with E-state index in [1.165, 1.54) is 18.5 Å². The van der Waals surface area contributed by atoms with Crippen molar-refractivity contribution in [3.63, 3.8) is 0 Å². The Morgan fingerprint density at radius 1 is 1.27 bits per heavy atom. The first-order chi connectivity index (χ1) is 15.5. The minimum atomic E-state index is -4.36. The second kappa shape index (κ2) is 8.60. The number of hydrogen-bond acceptors (Lipinski definition) is 3. The van der Waals surface area contributed by atoms with Crippen LogP contribution in [0.15, 0.2) is 35.4 Å². The number of halogens is 3. The van der Waals surface area contributed by atoms with Gasteiger partial charge in [0.15, 0.2) is 0 Å². The topological polar surface area (TPSA) is 53.9 Å². The third kappa shape index (κ3) is 4.38. The first-order valence-corrected chi connectivity index (χ1v) is 11.7. The smallest absolute Gasteiger partial charge is 0.384 e. The van der Waals surface area contributed by atoms with Gasteiger partial charge in [-0.3, -0.25) is 0 Å². The van der Waals surface area contributed by atoms with Crippen molar-refractivity contribution in [2.45, 2.75) is 64.6 Å². The molecule has 5 atom stereocenters. The van der Waals surface area contributed by atoms with Gasteiger partial charge >= 0.3 is 12.2 Å². The maximum atomic E-state index is 13.3. The molecule has 3 aliphatic rings. The molecule has 2 unspecified atom stereocenters. The van der Waals surface area contributed by atoms with Gasteiger partial charge in [-0.15, -0.1) is 0 Å². The number of rotatable bonds is 6. The summed E-state index contributed by atoms with van der Waals surface area (Å²) >= 11 is 0. The van der Waals surface area contributed by atoms with Gasteiger partial charge in [0.1, 0.15) is 0 Å². The second-order valence-electron chi connectivity index (χ2n) is 10.7. The van der Waals surface area contributed by atoms with E-state index >= 15 is 0 Å². The van der Waals surface area contributed by atoms with Crippen LogP contribution in [0.3, 0.4) is 0 Å². The zero-order valence-corrected chi connectivity index (χ0v) is 19.8. The van der Waals surface area contributed by atoms with Crippen molar-refractivity contribution >= 4 is 11.7 Å². The quantitative estimate of drug-likeness (QED) is 0.596. The van der Waals surface area contributed by atoms with Crippen LogP contribution < -0.4 is 5.32 Å². The molecule has 1 aromatic rings. The number of alkyl halides is 3. The number of hydrazone groups is 1. The van der Waals surface area contributed by atoms with Crippen molar-refractivity contribution in [1.82, 2.24) is 10.3 Å². The number of nitrogens with one attached hydrogen (secondary N) is 1. The van der Waals surface area contributed by atoms with Crippen LogP contribution in [0.25, 0.3) is 0 Å². The summed E-state index contributed by atoms with van der Waals surface area (Å²) in [6.45, 7) is 6.92. The zero-order chi connectivity index (χ0) is 24.0. The molecule has 4 rings (SSSR count). The molecule has 2 bridgehead atoms. The highest BCUT2D eigenvalue weighted by atomic mass is 19.4. The Morgan fingerprint density at radius 2 is 1.97 bits per heavy atom. The van der Waals surface area contributed by atoms with Gasteiger partial charge in [0.05, 0.1) is 25.3 Å². The predicted molar refractivity (Wildman–Crippen MR) is 121 cm³/mol. The van der Waals surface area contributed by atoms with Crippen LogP contribution in [0.2, 0.25) is 0 Å². The molecule has 2 aliphatic carbocycles. The highest BCUT2D eigenvalue weighted by molar-refractivity contribution is 5.96. The molecule has 0 saturated heterocycles. The van der Waals surface area contributed by atoms with Crippen LogP contribution in [0, 0.1) is 22.7 Å². The summed E-state index contributed by atoms with van der Waals surface area (Å²) in [5, 5.41) is 8.98. The average Bonchev–Trinajstić information content (AvgIpc) is 3.34. The maximum Gasteiger partial charge on any atom is 0.389 e. The lowest BCUT2D eigenvalue weighted by Crippen LogP contribution is -2.50. The minimum Gasteiger partial charge on any atom is -0.384 e. The molecular weight excluding hydrogens is 431 g/mol. The van der Waals surface area contributed by atoms with Gasteiger partial charge < -0.3 is 10.1 Å². The first-order valence-electron chi connectivity index (χ1n) is 11.7. The van der Waals surface area contributed by atoms with E-state index in [-0.39, 0.29) is 36.1 Å². The van der Waals surface area contributed by atoms with Gasteiger partial charge in [-0.25, -0.2) is 9.80 Å². The Bertz CT molecular complexity index is 902. The summed E-state index contributed by atoms with van der Waals surface area (Å²) in [5.74, 6) is -0.774. The molecule has 1 aliphatic heterocycles.